The predicted molar refractivity (Wildman–Crippen MR) is 356 cm³/mol. The summed E-state index contributed by atoms with van der Waals surface area (Å²) in [6.07, 6.45) is 1.93. The molecular formula is C67H118N12O15. The molecule has 0 aromatic rings. The summed E-state index contributed by atoms with van der Waals surface area (Å²) in [5.41, 5.74) is 0. The largest absolute Gasteiger partial charge is 0.449 e. The van der Waals surface area contributed by atoms with Crippen LogP contribution in [0, 0.1) is 41.4 Å². The van der Waals surface area contributed by atoms with Crippen LogP contribution in [0.4, 0.5) is 4.79 Å². The van der Waals surface area contributed by atoms with Gasteiger partial charge in [0.2, 0.25) is 65.0 Å². The number of carbonyl (C=O) groups excluding carboxylic acids is 12. The number of nitrogens with zero attached hydrogens (tertiary/aromatic N) is 8. The molecular weight excluding hydrogens is 1210 g/mol. The highest BCUT2D eigenvalue weighted by molar-refractivity contribution is 6.00. The average molecular weight is 1330 g/mol. The summed E-state index contributed by atoms with van der Waals surface area (Å²) in [6.45, 7) is 29.5. The van der Waals surface area contributed by atoms with Crippen LogP contribution in [0.15, 0.2) is 12.2 Å². The first kappa shape index (κ1) is 83.2. The van der Waals surface area contributed by atoms with Gasteiger partial charge < -0.3 is 75.0 Å². The SMILES string of the molecule is C/C=C/C[C@@H](C)[C@@H](O)[C@H]1C(=O)N[C@@H](CC)C(=O)N(C)[C@H](C)C(=O)N(C)[C@@H]([C@H](C)COC(=O)N2CCOCC2)C(=O)N[C@@H](C(C)C)C(=O)N(C)[C@@H](CC(C)C)C(=O)N[C@@H](C)C(=O)N[C@H](C)C(=O)N(C)[C@@H](CC(C)C)C(=O)N(C)[C@@H](CC(C)C)C(=O)N(C)[C@@H](C(C)C)C(=O)N1C. The van der Waals surface area contributed by atoms with Crippen molar-refractivity contribution in [3.05, 3.63) is 12.2 Å². The van der Waals surface area contributed by atoms with E-state index in [0.717, 1.165) is 14.7 Å². The molecule has 0 aliphatic carbocycles. The summed E-state index contributed by atoms with van der Waals surface area (Å²) in [5.74, 6) is -11.5. The lowest BCUT2D eigenvalue weighted by molar-refractivity contribution is -0.157. The lowest BCUT2D eigenvalue weighted by Gasteiger charge is -2.41. The summed E-state index contributed by atoms with van der Waals surface area (Å²) in [4.78, 5) is 186. The van der Waals surface area contributed by atoms with Crippen LogP contribution in [0.3, 0.4) is 0 Å². The van der Waals surface area contributed by atoms with Crippen LogP contribution in [-0.4, -0.2) is 270 Å². The van der Waals surface area contributed by atoms with E-state index in [1.807, 2.05) is 41.5 Å². The van der Waals surface area contributed by atoms with Crippen LogP contribution < -0.4 is 21.3 Å². The van der Waals surface area contributed by atoms with Crippen molar-refractivity contribution in [3.63, 3.8) is 0 Å². The highest BCUT2D eigenvalue weighted by Gasteiger charge is 2.47. The van der Waals surface area contributed by atoms with E-state index in [4.69, 9.17) is 9.47 Å². The second kappa shape index (κ2) is 38.0. The Hall–Kier alpha value is -6.90. The number of likely N-dealkylation sites (N-methyl/N-ethyl adjacent to an activating group) is 7. The minimum atomic E-state index is -1.67. The lowest BCUT2D eigenvalue weighted by Crippen LogP contribution is -2.64. The second-order valence-electron chi connectivity index (χ2n) is 27.9. The summed E-state index contributed by atoms with van der Waals surface area (Å²) in [5, 5.41) is 23.2. The molecule has 0 aromatic heterocycles. The standard InChI is InChI=1S/C67H118N12O15/c1-25-27-28-42(13)55(80)54-59(84)70-47(26-2)62(87)72(18)46(17)61(86)77(23)53(43(14)36-94-67(92)79-29-31-93-32-30-79)58(83)71-51(40(9)10)65(90)73(19)48(33-37(3)4)57(82)68-44(15)56(81)69-45(16)60(85)74(20)49(34-38(5)6)63(88)75(21)50(35-39(7)8)64(89)76(22)52(41(11)12)66(91)78(54)24/h25,27,37-55,80H,26,28-36H2,1-24H3,(H,68,82)(H,69,81)(H,70,84)(H,71,83)/b27-25+/t42-,43-,44+,45-,46-,47+,48+,49+,50+,51+,52+,53+,54+,55-/m1/s1. The molecule has 0 unspecified atom stereocenters. The molecule has 27 heteroatoms. The minimum absolute atomic E-state index is 0.0417. The summed E-state index contributed by atoms with van der Waals surface area (Å²) in [7, 11) is 9.70. The molecule has 0 bridgehead atoms. The molecule has 0 aromatic carbocycles. The van der Waals surface area contributed by atoms with Crippen molar-refractivity contribution >= 4 is 71.1 Å². The minimum Gasteiger partial charge on any atom is -0.449 e. The van der Waals surface area contributed by atoms with Crippen LogP contribution in [0.5, 0.6) is 0 Å². The molecule has 5 N–H and O–H groups in total. The molecule has 14 atom stereocenters. The number of nitrogens with one attached hydrogen (secondary N) is 4. The lowest BCUT2D eigenvalue weighted by atomic mass is 9.91. The molecule has 536 valence electrons. The Labute approximate surface area is 559 Å². The zero-order valence-electron chi connectivity index (χ0n) is 60.9. The number of aliphatic hydroxyl groups is 1. The van der Waals surface area contributed by atoms with E-state index >= 15 is 24.0 Å². The van der Waals surface area contributed by atoms with Crippen LogP contribution in [0.25, 0.3) is 0 Å². The fourth-order valence-electron chi connectivity index (χ4n) is 11.9. The molecule has 27 nitrogen and oxygen atoms in total. The van der Waals surface area contributed by atoms with Gasteiger partial charge in [0.15, 0.2) is 0 Å². The highest BCUT2D eigenvalue weighted by atomic mass is 16.6. The van der Waals surface area contributed by atoms with Crippen molar-refractivity contribution < 1.29 is 72.1 Å². The predicted octanol–water partition coefficient (Wildman–Crippen LogP) is 2.72. The molecule has 2 heterocycles. The van der Waals surface area contributed by atoms with Gasteiger partial charge in [-0.05, 0) is 95.3 Å². The quantitative estimate of drug-likeness (QED) is 0.139. The number of hydrogen-bond acceptors (Lipinski definition) is 15. The first-order valence-electron chi connectivity index (χ1n) is 33.5. The Morgan fingerprint density at radius 3 is 1.47 bits per heavy atom. The number of ether oxygens (including phenoxy) is 2. The van der Waals surface area contributed by atoms with Crippen LogP contribution in [0.2, 0.25) is 0 Å². The average Bonchev–Trinajstić information content (AvgIpc) is 0.812. The third-order valence-electron chi connectivity index (χ3n) is 18.1. The monoisotopic (exact) mass is 1330 g/mol. The van der Waals surface area contributed by atoms with Gasteiger partial charge in [-0.15, -0.1) is 0 Å². The molecule has 12 amide bonds. The topological polar surface area (TPSA) is 318 Å². The molecule has 2 fully saturated rings. The van der Waals surface area contributed by atoms with E-state index in [2.05, 4.69) is 21.3 Å². The maximum Gasteiger partial charge on any atom is 0.409 e. The smallest absolute Gasteiger partial charge is 0.409 e. The summed E-state index contributed by atoms with van der Waals surface area (Å²) >= 11 is 0. The fraction of sp³-hybridized carbons (Fsp3) is 0.791. The van der Waals surface area contributed by atoms with E-state index in [1.165, 1.54) is 94.6 Å². The Morgan fingerprint density at radius 2 is 0.979 bits per heavy atom. The molecule has 2 aliphatic rings. The summed E-state index contributed by atoms with van der Waals surface area (Å²) < 4.78 is 11.1. The maximum atomic E-state index is 15.3. The number of carbonyl (C=O) groups is 12. The van der Waals surface area contributed by atoms with Crippen molar-refractivity contribution in [1.29, 1.82) is 0 Å². The van der Waals surface area contributed by atoms with Crippen molar-refractivity contribution in [2.45, 2.75) is 222 Å². The molecule has 0 radical (unpaired) electrons. The number of allylic oxidation sites excluding steroid dienone is 2. The van der Waals surface area contributed by atoms with Crippen molar-refractivity contribution in [1.82, 2.24) is 60.5 Å². The molecule has 2 aliphatic heterocycles. The highest BCUT2D eigenvalue weighted by Crippen LogP contribution is 2.26. The number of aliphatic hydroxyl groups excluding tert-OH is 1. The van der Waals surface area contributed by atoms with Crippen LogP contribution >= 0.6 is 0 Å². The van der Waals surface area contributed by atoms with E-state index < -0.39 is 167 Å². The first-order chi connectivity index (χ1) is 43.6. The van der Waals surface area contributed by atoms with Gasteiger partial charge in [-0.3, -0.25) is 52.7 Å². The molecule has 94 heavy (non-hydrogen) atoms. The Kier molecular flexibility index (Phi) is 33.6. The van der Waals surface area contributed by atoms with Crippen molar-refractivity contribution in [3.8, 4) is 0 Å². The normalized spacial score (nSPS) is 27.5. The van der Waals surface area contributed by atoms with Crippen molar-refractivity contribution in [2.24, 2.45) is 41.4 Å². The van der Waals surface area contributed by atoms with Crippen LogP contribution in [-0.2, 0) is 62.2 Å². The second-order valence-corrected chi connectivity index (χ2v) is 27.9. The zero-order chi connectivity index (χ0) is 72.2. The van der Waals surface area contributed by atoms with E-state index in [-0.39, 0.29) is 82.8 Å². The Morgan fingerprint density at radius 1 is 0.521 bits per heavy atom. The van der Waals surface area contributed by atoms with Gasteiger partial charge in [-0.25, -0.2) is 4.79 Å². The molecule has 0 spiro atoms. The molecule has 2 saturated heterocycles. The fourth-order valence-corrected chi connectivity index (χ4v) is 11.9. The van der Waals surface area contributed by atoms with Gasteiger partial charge in [0, 0.05) is 68.3 Å². The maximum absolute atomic E-state index is 15.3. The number of amides is 12. The van der Waals surface area contributed by atoms with E-state index in [9.17, 15) is 38.7 Å². The van der Waals surface area contributed by atoms with Gasteiger partial charge in [0.1, 0.15) is 66.5 Å². The third kappa shape index (κ3) is 22.4. The molecule has 0 saturated carbocycles. The van der Waals surface area contributed by atoms with E-state index in [0.29, 0.717) is 0 Å². The third-order valence-corrected chi connectivity index (χ3v) is 18.1. The summed E-state index contributed by atoms with van der Waals surface area (Å²) in [6, 6.07) is -14.6. The van der Waals surface area contributed by atoms with Gasteiger partial charge in [-0.2, -0.15) is 0 Å². The first-order valence-corrected chi connectivity index (χ1v) is 33.5. The Balaban J connectivity index is 3.05. The number of morpholine rings is 1. The van der Waals surface area contributed by atoms with Gasteiger partial charge in [-0.1, -0.05) is 102 Å². The van der Waals surface area contributed by atoms with Crippen molar-refractivity contribution in [2.75, 3.05) is 82.2 Å². The Bertz CT molecular complexity index is 2630. The van der Waals surface area contributed by atoms with E-state index in [1.54, 1.807) is 67.5 Å². The van der Waals surface area contributed by atoms with Gasteiger partial charge in [0.25, 0.3) is 0 Å². The number of rotatable bonds is 16. The van der Waals surface area contributed by atoms with Gasteiger partial charge >= 0.3 is 6.09 Å². The molecule has 2 rings (SSSR count). The van der Waals surface area contributed by atoms with Crippen LogP contribution in [0.1, 0.15) is 150 Å². The number of hydrogen-bond donors (Lipinski definition) is 5. The van der Waals surface area contributed by atoms with Gasteiger partial charge in [0.05, 0.1) is 25.9 Å². The zero-order valence-corrected chi connectivity index (χ0v) is 60.9.